The molecular formula is C17H24ClN3O2. The summed E-state index contributed by atoms with van der Waals surface area (Å²) in [4.78, 5) is 4.41. The van der Waals surface area contributed by atoms with Gasteiger partial charge in [-0.05, 0) is 24.3 Å². The number of aromatic nitrogens is 2. The van der Waals surface area contributed by atoms with Crippen molar-refractivity contribution in [2.45, 2.75) is 51.9 Å². The molecule has 2 N–H and O–H groups in total. The Hall–Kier alpha value is -1.43. The van der Waals surface area contributed by atoms with E-state index in [1.165, 1.54) is 19.3 Å². The summed E-state index contributed by atoms with van der Waals surface area (Å²) in [5.74, 6) is 1.74. The van der Waals surface area contributed by atoms with E-state index in [-0.39, 0.29) is 12.4 Å². The number of nitrogens with two attached hydrogens (primary N) is 1. The fourth-order valence-corrected chi connectivity index (χ4v) is 2.93. The second-order valence-electron chi connectivity index (χ2n) is 6.02. The largest absolute Gasteiger partial charge is 0.368 e. The number of ether oxygens (including phenoxy) is 1. The Bertz CT molecular complexity index is 600. The smallest absolute Gasteiger partial charge is 0.252 e. The van der Waals surface area contributed by atoms with Crippen molar-refractivity contribution in [1.29, 1.82) is 0 Å². The van der Waals surface area contributed by atoms with Crippen molar-refractivity contribution < 1.29 is 9.26 Å². The van der Waals surface area contributed by atoms with Gasteiger partial charge >= 0.3 is 0 Å². The lowest BCUT2D eigenvalue weighted by Crippen LogP contribution is -2.25. The van der Waals surface area contributed by atoms with Gasteiger partial charge in [0.25, 0.3) is 5.89 Å². The van der Waals surface area contributed by atoms with E-state index in [2.05, 4.69) is 17.1 Å². The third-order valence-corrected chi connectivity index (χ3v) is 4.37. The number of hydrogen-bond donors (Lipinski definition) is 1. The summed E-state index contributed by atoms with van der Waals surface area (Å²) in [5, 5.41) is 4.03. The van der Waals surface area contributed by atoms with Crippen molar-refractivity contribution in [1.82, 2.24) is 10.1 Å². The molecule has 6 heteroatoms. The molecule has 0 bridgehead atoms. The van der Waals surface area contributed by atoms with Crippen molar-refractivity contribution in [3.63, 3.8) is 0 Å². The number of nitrogens with zero attached hydrogens (tertiary/aromatic N) is 2. The molecule has 0 aliphatic heterocycles. The molecule has 0 saturated heterocycles. The third kappa shape index (κ3) is 4.53. The zero-order valence-corrected chi connectivity index (χ0v) is 14.2. The molecule has 2 atom stereocenters. The first-order valence-corrected chi connectivity index (χ1v) is 8.00. The summed E-state index contributed by atoms with van der Waals surface area (Å²) >= 11 is 0. The Morgan fingerprint density at radius 1 is 1.22 bits per heavy atom. The van der Waals surface area contributed by atoms with E-state index in [0.29, 0.717) is 36.9 Å². The fourth-order valence-electron chi connectivity index (χ4n) is 2.93. The van der Waals surface area contributed by atoms with Crippen LogP contribution >= 0.6 is 12.4 Å². The molecule has 0 spiro atoms. The monoisotopic (exact) mass is 337 g/mol. The second-order valence-corrected chi connectivity index (χ2v) is 6.02. The molecule has 1 aliphatic rings. The van der Waals surface area contributed by atoms with Gasteiger partial charge in [-0.15, -0.1) is 12.4 Å². The maximum absolute atomic E-state index is 5.95. The van der Waals surface area contributed by atoms with Crippen LogP contribution in [0.15, 0.2) is 28.8 Å². The Morgan fingerprint density at radius 2 is 1.96 bits per heavy atom. The second kappa shape index (κ2) is 8.43. The van der Waals surface area contributed by atoms with E-state index in [1.807, 2.05) is 24.3 Å². The van der Waals surface area contributed by atoms with Crippen LogP contribution in [-0.2, 0) is 17.9 Å². The van der Waals surface area contributed by atoms with Gasteiger partial charge in [-0.1, -0.05) is 49.2 Å². The van der Waals surface area contributed by atoms with Crippen molar-refractivity contribution in [2.24, 2.45) is 11.7 Å². The predicted octanol–water partition coefficient (Wildman–Crippen LogP) is 3.71. The molecule has 126 valence electrons. The highest BCUT2D eigenvalue weighted by Crippen LogP contribution is 2.27. The van der Waals surface area contributed by atoms with E-state index >= 15 is 0 Å². The predicted molar refractivity (Wildman–Crippen MR) is 91.1 cm³/mol. The van der Waals surface area contributed by atoms with E-state index in [4.69, 9.17) is 15.0 Å². The highest BCUT2D eigenvalue weighted by molar-refractivity contribution is 5.85. The van der Waals surface area contributed by atoms with Gasteiger partial charge in [0.2, 0.25) is 5.82 Å². The Labute approximate surface area is 143 Å². The molecule has 1 aliphatic carbocycles. The topological polar surface area (TPSA) is 74.2 Å². The minimum absolute atomic E-state index is 0. The van der Waals surface area contributed by atoms with Gasteiger partial charge in [-0.3, -0.25) is 0 Å². The van der Waals surface area contributed by atoms with Crippen molar-refractivity contribution >= 4 is 12.4 Å². The summed E-state index contributed by atoms with van der Waals surface area (Å²) in [5.41, 5.74) is 7.61. The van der Waals surface area contributed by atoms with Crippen molar-refractivity contribution in [3.8, 4) is 11.4 Å². The SMILES string of the molecule is CC1CCCCC1OCc1nc(-c2ccc(CN)cc2)no1.Cl. The molecule has 1 heterocycles. The average molecular weight is 338 g/mol. The molecule has 5 nitrogen and oxygen atoms in total. The lowest BCUT2D eigenvalue weighted by atomic mass is 9.88. The highest BCUT2D eigenvalue weighted by Gasteiger charge is 2.22. The third-order valence-electron chi connectivity index (χ3n) is 4.37. The molecule has 2 aromatic rings. The summed E-state index contributed by atoms with van der Waals surface area (Å²) in [6, 6.07) is 7.87. The zero-order valence-electron chi connectivity index (χ0n) is 13.4. The van der Waals surface area contributed by atoms with Crippen LogP contribution in [0.25, 0.3) is 11.4 Å². The minimum Gasteiger partial charge on any atom is -0.368 e. The van der Waals surface area contributed by atoms with Crippen LogP contribution in [0.1, 0.15) is 44.1 Å². The lowest BCUT2D eigenvalue weighted by molar-refractivity contribution is -0.0252. The Kier molecular flexibility index (Phi) is 6.57. The molecule has 3 rings (SSSR count). The molecular weight excluding hydrogens is 314 g/mol. The quantitative estimate of drug-likeness (QED) is 0.900. The van der Waals surface area contributed by atoms with Crippen molar-refractivity contribution in [3.05, 3.63) is 35.7 Å². The first-order chi connectivity index (χ1) is 10.8. The first-order valence-electron chi connectivity index (χ1n) is 8.00. The lowest BCUT2D eigenvalue weighted by Gasteiger charge is -2.28. The summed E-state index contributed by atoms with van der Waals surface area (Å²) < 4.78 is 11.2. The Balaban J connectivity index is 0.00000192. The van der Waals surface area contributed by atoms with Crippen LogP contribution in [0.3, 0.4) is 0 Å². The van der Waals surface area contributed by atoms with E-state index in [1.54, 1.807) is 0 Å². The van der Waals surface area contributed by atoms with E-state index in [9.17, 15) is 0 Å². The first kappa shape index (κ1) is 17.9. The van der Waals surface area contributed by atoms with Crippen LogP contribution in [0, 0.1) is 5.92 Å². The van der Waals surface area contributed by atoms with Gasteiger partial charge < -0.3 is 15.0 Å². The molecule has 0 radical (unpaired) electrons. The summed E-state index contributed by atoms with van der Waals surface area (Å²) in [6.45, 7) is 3.18. The van der Waals surface area contributed by atoms with Crippen LogP contribution < -0.4 is 5.73 Å². The van der Waals surface area contributed by atoms with Crippen LogP contribution in [-0.4, -0.2) is 16.2 Å². The highest BCUT2D eigenvalue weighted by atomic mass is 35.5. The van der Waals surface area contributed by atoms with Gasteiger partial charge in [0, 0.05) is 12.1 Å². The van der Waals surface area contributed by atoms with Gasteiger partial charge in [0.1, 0.15) is 6.61 Å². The van der Waals surface area contributed by atoms with Gasteiger partial charge in [-0.2, -0.15) is 4.98 Å². The van der Waals surface area contributed by atoms with Gasteiger partial charge in [0.15, 0.2) is 0 Å². The van der Waals surface area contributed by atoms with Crippen LogP contribution in [0.5, 0.6) is 0 Å². The summed E-state index contributed by atoms with van der Waals surface area (Å²) in [7, 11) is 0. The van der Waals surface area contributed by atoms with E-state index < -0.39 is 0 Å². The molecule has 1 aromatic heterocycles. The molecule has 1 saturated carbocycles. The molecule has 2 unspecified atom stereocenters. The molecule has 0 amide bonds. The van der Waals surface area contributed by atoms with Gasteiger partial charge in [-0.25, -0.2) is 0 Å². The number of halogens is 1. The van der Waals surface area contributed by atoms with Gasteiger partial charge in [0.05, 0.1) is 6.10 Å². The van der Waals surface area contributed by atoms with E-state index in [0.717, 1.165) is 17.5 Å². The standard InChI is InChI=1S/C17H23N3O2.ClH/c1-12-4-2-3-5-15(12)21-11-16-19-17(20-22-16)14-8-6-13(10-18)7-9-14;/h6-9,12,15H,2-5,10-11,18H2,1H3;1H. The molecule has 23 heavy (non-hydrogen) atoms. The summed E-state index contributed by atoms with van der Waals surface area (Å²) in [6.07, 6.45) is 5.24. The normalized spacial score (nSPS) is 21.0. The maximum atomic E-state index is 5.95. The van der Waals surface area contributed by atoms with Crippen molar-refractivity contribution in [2.75, 3.05) is 0 Å². The van der Waals surface area contributed by atoms with Crippen LogP contribution in [0.2, 0.25) is 0 Å². The zero-order chi connectivity index (χ0) is 15.4. The average Bonchev–Trinajstić information content (AvgIpc) is 3.03. The number of hydrogen-bond acceptors (Lipinski definition) is 5. The molecule has 1 aromatic carbocycles. The number of benzene rings is 1. The Morgan fingerprint density at radius 3 is 2.65 bits per heavy atom. The maximum Gasteiger partial charge on any atom is 0.252 e. The molecule has 1 fully saturated rings. The van der Waals surface area contributed by atoms with Crippen LogP contribution in [0.4, 0.5) is 0 Å². The number of rotatable bonds is 5. The fraction of sp³-hybridized carbons (Fsp3) is 0.529. The minimum atomic E-state index is 0.